The molecule has 0 bridgehead atoms. The summed E-state index contributed by atoms with van der Waals surface area (Å²) in [6, 6.07) is 10.6. The summed E-state index contributed by atoms with van der Waals surface area (Å²) in [5, 5.41) is 0.526. The number of thiol groups is 1. The molecule has 31 heavy (non-hydrogen) atoms. The number of methoxy groups -OCH3 is 1. The van der Waals surface area contributed by atoms with Gasteiger partial charge >= 0.3 is 0 Å². The minimum absolute atomic E-state index is 0.269. The van der Waals surface area contributed by atoms with Crippen LogP contribution in [0.2, 0.25) is 5.02 Å². The van der Waals surface area contributed by atoms with Gasteiger partial charge in [0.1, 0.15) is 5.75 Å². The van der Waals surface area contributed by atoms with Crippen LogP contribution in [-0.2, 0) is 0 Å². The van der Waals surface area contributed by atoms with Crippen molar-refractivity contribution in [2.45, 2.75) is 17.7 Å². The highest BCUT2D eigenvalue weighted by molar-refractivity contribution is 7.80. The molecule has 0 unspecified atom stereocenters. The predicted molar refractivity (Wildman–Crippen MR) is 123 cm³/mol. The van der Waals surface area contributed by atoms with Crippen LogP contribution in [0.15, 0.2) is 53.7 Å². The number of aromatic nitrogens is 2. The third-order valence-electron chi connectivity index (χ3n) is 5.42. The fourth-order valence-electron chi connectivity index (χ4n) is 3.63. The van der Waals surface area contributed by atoms with Gasteiger partial charge in [0.05, 0.1) is 31.1 Å². The molecule has 1 aliphatic rings. The lowest BCUT2D eigenvalue weighted by Gasteiger charge is -2.31. The molecule has 0 N–H and O–H groups in total. The Bertz CT molecular complexity index is 1040. The summed E-state index contributed by atoms with van der Waals surface area (Å²) >= 11 is 10.2. The number of anilines is 1. The summed E-state index contributed by atoms with van der Waals surface area (Å²) in [6.45, 7) is 2.15. The van der Waals surface area contributed by atoms with Gasteiger partial charge in [0.2, 0.25) is 5.95 Å². The number of halogens is 2. The molecule has 162 valence electrons. The maximum atomic E-state index is 14.7. The number of rotatable bonds is 6. The second-order valence-electron chi connectivity index (χ2n) is 7.47. The molecular weight excluding hydrogens is 437 g/mol. The van der Waals surface area contributed by atoms with E-state index in [2.05, 4.69) is 27.5 Å². The van der Waals surface area contributed by atoms with Gasteiger partial charge in [-0.25, -0.2) is 14.4 Å². The predicted octanol–water partition coefficient (Wildman–Crippen LogP) is 5.53. The first-order valence-corrected chi connectivity index (χ1v) is 10.9. The third kappa shape index (κ3) is 5.22. The first-order chi connectivity index (χ1) is 15.0. The molecule has 0 saturated carbocycles. The van der Waals surface area contributed by atoms with Gasteiger partial charge in [-0.3, -0.25) is 0 Å². The molecule has 1 fully saturated rings. The van der Waals surface area contributed by atoms with Crippen molar-refractivity contribution >= 4 is 30.2 Å². The normalized spacial score (nSPS) is 14.5. The molecule has 5 nitrogen and oxygen atoms in total. The van der Waals surface area contributed by atoms with Gasteiger partial charge in [-0.2, -0.15) is 0 Å². The highest BCUT2D eigenvalue weighted by Gasteiger charge is 2.22. The highest BCUT2D eigenvalue weighted by atomic mass is 35.5. The maximum Gasteiger partial charge on any atom is 0.225 e. The molecular formula is C23H23ClFN3O2S. The first-order valence-electron chi connectivity index (χ1n) is 10.1. The molecule has 0 radical (unpaired) electrons. The Morgan fingerprint density at radius 1 is 1.06 bits per heavy atom. The standard InChI is InChI=1S/C23H23ClFN3O2S/c1-29-21-11-17(3-5-22(21)31)16-2-4-20(19(25)10-16)30-14-15-6-8-28(9-7-15)23-26-12-18(24)13-27-23/h2-5,10-13,15,31H,6-9,14H2,1H3. The van der Waals surface area contributed by atoms with Crippen LogP contribution in [0.3, 0.4) is 0 Å². The molecule has 0 atom stereocenters. The fourth-order valence-corrected chi connectivity index (χ4v) is 3.96. The van der Waals surface area contributed by atoms with Crippen molar-refractivity contribution in [2.75, 3.05) is 31.7 Å². The van der Waals surface area contributed by atoms with E-state index in [4.69, 9.17) is 21.1 Å². The number of benzene rings is 2. The number of ether oxygens (including phenoxy) is 2. The topological polar surface area (TPSA) is 47.5 Å². The van der Waals surface area contributed by atoms with E-state index in [1.807, 2.05) is 24.3 Å². The molecule has 1 saturated heterocycles. The quantitative estimate of drug-likeness (QED) is 0.491. The molecule has 4 rings (SSSR count). The third-order valence-corrected chi connectivity index (χ3v) is 5.99. The van der Waals surface area contributed by atoms with E-state index in [1.165, 1.54) is 6.07 Å². The van der Waals surface area contributed by atoms with Crippen molar-refractivity contribution < 1.29 is 13.9 Å². The zero-order valence-corrected chi connectivity index (χ0v) is 18.7. The Morgan fingerprint density at radius 3 is 2.42 bits per heavy atom. The van der Waals surface area contributed by atoms with E-state index in [9.17, 15) is 4.39 Å². The number of piperidine rings is 1. The van der Waals surface area contributed by atoms with E-state index in [-0.39, 0.29) is 11.6 Å². The lowest BCUT2D eigenvalue weighted by Crippen LogP contribution is -2.36. The van der Waals surface area contributed by atoms with Crippen LogP contribution < -0.4 is 14.4 Å². The van der Waals surface area contributed by atoms with E-state index in [0.29, 0.717) is 29.2 Å². The molecule has 2 aromatic carbocycles. The Hall–Kier alpha value is -2.51. The number of hydrogen-bond acceptors (Lipinski definition) is 6. The molecule has 2 heterocycles. The Labute approximate surface area is 191 Å². The van der Waals surface area contributed by atoms with E-state index < -0.39 is 0 Å². The van der Waals surface area contributed by atoms with Crippen LogP contribution in [0.25, 0.3) is 11.1 Å². The van der Waals surface area contributed by atoms with Crippen LogP contribution in [0.1, 0.15) is 12.8 Å². The lowest BCUT2D eigenvalue weighted by molar-refractivity contribution is 0.215. The van der Waals surface area contributed by atoms with Crippen LogP contribution >= 0.6 is 24.2 Å². The largest absolute Gasteiger partial charge is 0.496 e. The first kappa shape index (κ1) is 21.7. The minimum atomic E-state index is -0.376. The van der Waals surface area contributed by atoms with Crippen molar-refractivity contribution in [3.05, 3.63) is 59.6 Å². The van der Waals surface area contributed by atoms with Gasteiger partial charge in [-0.15, -0.1) is 12.6 Å². The highest BCUT2D eigenvalue weighted by Crippen LogP contribution is 2.32. The van der Waals surface area contributed by atoms with E-state index in [0.717, 1.165) is 42.0 Å². The van der Waals surface area contributed by atoms with Gasteiger partial charge in [-0.05, 0) is 54.2 Å². The SMILES string of the molecule is COc1cc(-c2ccc(OCC3CCN(c4ncc(Cl)cn4)CC3)c(F)c2)ccc1S. The van der Waals surface area contributed by atoms with Gasteiger partial charge < -0.3 is 14.4 Å². The molecule has 0 spiro atoms. The van der Waals surface area contributed by atoms with E-state index >= 15 is 0 Å². The Morgan fingerprint density at radius 2 is 1.74 bits per heavy atom. The second kappa shape index (κ2) is 9.75. The van der Waals surface area contributed by atoms with Crippen molar-refractivity contribution in [3.8, 4) is 22.6 Å². The fraction of sp³-hybridized carbons (Fsp3) is 0.304. The smallest absolute Gasteiger partial charge is 0.225 e. The molecule has 1 aliphatic heterocycles. The van der Waals surface area contributed by atoms with Gasteiger partial charge in [-0.1, -0.05) is 23.7 Å². The summed E-state index contributed by atoms with van der Waals surface area (Å²) in [5.41, 5.74) is 1.62. The van der Waals surface area contributed by atoms with Gasteiger partial charge in [0.25, 0.3) is 0 Å². The second-order valence-corrected chi connectivity index (χ2v) is 8.39. The average Bonchev–Trinajstić information content (AvgIpc) is 2.79. The molecule has 1 aromatic heterocycles. The minimum Gasteiger partial charge on any atom is -0.496 e. The number of hydrogen-bond donors (Lipinski definition) is 1. The molecule has 0 amide bonds. The summed E-state index contributed by atoms with van der Waals surface area (Å²) < 4.78 is 25.8. The van der Waals surface area contributed by atoms with Crippen LogP contribution in [0, 0.1) is 11.7 Å². The zero-order chi connectivity index (χ0) is 21.8. The number of nitrogens with zero attached hydrogens (tertiary/aromatic N) is 3. The Balaban J connectivity index is 1.34. The molecule has 0 aliphatic carbocycles. The average molecular weight is 460 g/mol. The van der Waals surface area contributed by atoms with Crippen molar-refractivity contribution in [1.82, 2.24) is 9.97 Å². The van der Waals surface area contributed by atoms with Gasteiger partial charge in [0.15, 0.2) is 11.6 Å². The monoisotopic (exact) mass is 459 g/mol. The summed E-state index contributed by atoms with van der Waals surface area (Å²) in [5.74, 6) is 1.59. The van der Waals surface area contributed by atoms with Crippen LogP contribution in [0.5, 0.6) is 11.5 Å². The van der Waals surface area contributed by atoms with Crippen LogP contribution in [-0.4, -0.2) is 36.8 Å². The van der Waals surface area contributed by atoms with E-state index in [1.54, 1.807) is 25.6 Å². The molecule has 3 aromatic rings. The van der Waals surface area contributed by atoms with Crippen LogP contribution in [0.4, 0.5) is 10.3 Å². The Kier molecular flexibility index (Phi) is 6.83. The van der Waals surface area contributed by atoms with Crippen molar-refractivity contribution in [3.63, 3.8) is 0 Å². The lowest BCUT2D eigenvalue weighted by atomic mass is 9.98. The molecule has 8 heteroatoms. The summed E-state index contributed by atoms with van der Waals surface area (Å²) in [7, 11) is 1.59. The van der Waals surface area contributed by atoms with Crippen molar-refractivity contribution in [2.24, 2.45) is 5.92 Å². The summed E-state index contributed by atoms with van der Waals surface area (Å²) in [6.07, 6.45) is 5.08. The van der Waals surface area contributed by atoms with Gasteiger partial charge in [0, 0.05) is 18.0 Å². The maximum absolute atomic E-state index is 14.7. The summed E-state index contributed by atoms with van der Waals surface area (Å²) in [4.78, 5) is 11.4. The van der Waals surface area contributed by atoms with Crippen molar-refractivity contribution in [1.29, 1.82) is 0 Å². The zero-order valence-electron chi connectivity index (χ0n) is 17.1.